The number of H-pyrrole nitrogens is 1. The third kappa shape index (κ3) is 3.50. The summed E-state index contributed by atoms with van der Waals surface area (Å²) in [6, 6.07) is 8.04. The van der Waals surface area contributed by atoms with Gasteiger partial charge in [0, 0.05) is 36.5 Å². The molecule has 1 atom stereocenters. The number of aromatic nitrogens is 5. The summed E-state index contributed by atoms with van der Waals surface area (Å²) in [6.07, 6.45) is 6.36. The molecule has 3 aromatic heterocycles. The lowest BCUT2D eigenvalue weighted by Crippen LogP contribution is -2.44. The number of anilines is 2. The van der Waals surface area contributed by atoms with Crippen molar-refractivity contribution in [1.82, 2.24) is 25.1 Å². The predicted molar refractivity (Wildman–Crippen MR) is 141 cm³/mol. The Bertz CT molecular complexity index is 1490. The van der Waals surface area contributed by atoms with Crippen LogP contribution in [0.4, 0.5) is 11.6 Å². The zero-order valence-corrected chi connectivity index (χ0v) is 20.7. The van der Waals surface area contributed by atoms with Crippen LogP contribution < -0.4 is 21.1 Å². The number of nitrogen functional groups attached to an aromatic ring is 1. The highest BCUT2D eigenvalue weighted by molar-refractivity contribution is 6.34. The maximum absolute atomic E-state index is 6.79. The second kappa shape index (κ2) is 8.46. The van der Waals surface area contributed by atoms with Crippen LogP contribution in [-0.2, 0) is 6.42 Å². The smallest absolute Gasteiger partial charge is 0.177 e. The molecule has 0 amide bonds. The number of rotatable bonds is 4. The van der Waals surface area contributed by atoms with E-state index in [-0.39, 0.29) is 17.3 Å². The molecule has 0 unspecified atom stereocenters. The van der Waals surface area contributed by atoms with Crippen molar-refractivity contribution >= 4 is 40.0 Å². The minimum atomic E-state index is 0.00791. The van der Waals surface area contributed by atoms with E-state index in [2.05, 4.69) is 43.8 Å². The Labute approximate surface area is 213 Å². The summed E-state index contributed by atoms with van der Waals surface area (Å²) in [5, 5.41) is 7.76. The Morgan fingerprint density at radius 2 is 2.06 bits per heavy atom. The lowest BCUT2D eigenvalue weighted by Gasteiger charge is -2.42. The van der Waals surface area contributed by atoms with Crippen LogP contribution in [0.1, 0.15) is 41.3 Å². The Morgan fingerprint density at radius 1 is 1.25 bits per heavy atom. The molecule has 9 nitrogen and oxygen atoms in total. The SMILES string of the molecule is C=C(c1ccnc(N)c1Cl)c1n[nH]c2nc(N3CCC4(CC3)Cc3ccc(OC)cc3[C@H]4N)cnc12. The van der Waals surface area contributed by atoms with Gasteiger partial charge in [-0.2, -0.15) is 5.10 Å². The molecule has 4 aromatic rings. The summed E-state index contributed by atoms with van der Waals surface area (Å²) in [7, 11) is 1.69. The van der Waals surface area contributed by atoms with Crippen molar-refractivity contribution in [3.8, 4) is 5.75 Å². The first-order valence-electron chi connectivity index (χ1n) is 11.9. The van der Waals surface area contributed by atoms with E-state index in [4.69, 9.17) is 32.8 Å². The number of methoxy groups -OCH3 is 1. The van der Waals surface area contributed by atoms with Gasteiger partial charge in [-0.05, 0) is 54.0 Å². The first kappa shape index (κ1) is 22.8. The molecule has 36 heavy (non-hydrogen) atoms. The standard InChI is InChI=1S/C26H27ClN8O/c1-14(17-5-8-30-24(29)20(17)27)21-22-25(34-33-21)32-19(13-31-22)35-9-6-26(7-10-35)12-15-3-4-16(36-2)11-18(15)23(26)28/h3-5,8,11,13,23H,1,6-7,9-10,12,28H2,2H3,(H2,29,30)(H,32,33,34)/t23-/m1/s1. The lowest BCUT2D eigenvalue weighted by molar-refractivity contribution is 0.187. The number of halogens is 1. The Morgan fingerprint density at radius 3 is 2.83 bits per heavy atom. The van der Waals surface area contributed by atoms with Gasteiger partial charge < -0.3 is 21.1 Å². The van der Waals surface area contributed by atoms with Gasteiger partial charge in [-0.3, -0.25) is 5.10 Å². The maximum atomic E-state index is 6.79. The van der Waals surface area contributed by atoms with Gasteiger partial charge in [0.25, 0.3) is 0 Å². The lowest BCUT2D eigenvalue weighted by atomic mass is 9.73. The Balaban J connectivity index is 1.21. The van der Waals surface area contributed by atoms with Gasteiger partial charge in [0.2, 0.25) is 0 Å². The molecule has 6 rings (SSSR count). The third-order valence-corrected chi connectivity index (χ3v) is 8.16. The summed E-state index contributed by atoms with van der Waals surface area (Å²) in [4.78, 5) is 15.8. The summed E-state index contributed by atoms with van der Waals surface area (Å²) in [5.41, 5.74) is 18.3. The van der Waals surface area contributed by atoms with Crippen molar-refractivity contribution in [3.63, 3.8) is 0 Å². The monoisotopic (exact) mass is 502 g/mol. The van der Waals surface area contributed by atoms with Crippen LogP contribution in [0.3, 0.4) is 0 Å². The Kier molecular flexibility index (Phi) is 5.35. The maximum Gasteiger partial charge on any atom is 0.177 e. The zero-order chi connectivity index (χ0) is 25.0. The van der Waals surface area contributed by atoms with Crippen LogP contribution in [0, 0.1) is 5.41 Å². The molecule has 1 aliphatic heterocycles. The molecule has 1 saturated heterocycles. The molecule has 184 valence electrons. The van der Waals surface area contributed by atoms with Gasteiger partial charge in [-0.15, -0.1) is 0 Å². The van der Waals surface area contributed by atoms with E-state index >= 15 is 0 Å². The number of fused-ring (bicyclic) bond motifs is 2. The minimum absolute atomic E-state index is 0.00791. The van der Waals surface area contributed by atoms with Gasteiger partial charge in [0.05, 0.1) is 18.3 Å². The number of aromatic amines is 1. The second-order valence-corrected chi connectivity index (χ2v) is 9.98. The molecule has 1 spiro atoms. The molecule has 4 heterocycles. The summed E-state index contributed by atoms with van der Waals surface area (Å²) >= 11 is 6.35. The molecule has 0 saturated carbocycles. The number of piperidine rings is 1. The van der Waals surface area contributed by atoms with Gasteiger partial charge in [0.1, 0.15) is 28.6 Å². The quantitative estimate of drug-likeness (QED) is 0.383. The van der Waals surface area contributed by atoms with Gasteiger partial charge in [-0.1, -0.05) is 24.2 Å². The van der Waals surface area contributed by atoms with E-state index in [1.165, 1.54) is 11.1 Å². The van der Waals surface area contributed by atoms with Gasteiger partial charge in [-0.25, -0.2) is 15.0 Å². The first-order valence-corrected chi connectivity index (χ1v) is 12.3. The van der Waals surface area contributed by atoms with Crippen LogP contribution in [0.5, 0.6) is 5.75 Å². The summed E-state index contributed by atoms with van der Waals surface area (Å²) < 4.78 is 5.42. The molecule has 0 bridgehead atoms. The number of nitrogens with one attached hydrogen (secondary N) is 1. The minimum Gasteiger partial charge on any atom is -0.497 e. The van der Waals surface area contributed by atoms with Gasteiger partial charge in [0.15, 0.2) is 5.65 Å². The highest BCUT2D eigenvalue weighted by atomic mass is 35.5. The molecule has 10 heteroatoms. The van der Waals surface area contributed by atoms with Crippen molar-refractivity contribution in [2.75, 3.05) is 30.8 Å². The van der Waals surface area contributed by atoms with Crippen molar-refractivity contribution < 1.29 is 4.74 Å². The fourth-order valence-corrected chi connectivity index (χ4v) is 5.84. The number of hydrogen-bond acceptors (Lipinski definition) is 8. The second-order valence-electron chi connectivity index (χ2n) is 9.60. The molecule has 1 aromatic carbocycles. The topological polar surface area (TPSA) is 132 Å². The molecule has 1 fully saturated rings. The fourth-order valence-electron chi connectivity index (χ4n) is 5.61. The highest BCUT2D eigenvalue weighted by Gasteiger charge is 2.46. The summed E-state index contributed by atoms with van der Waals surface area (Å²) in [6.45, 7) is 5.88. The van der Waals surface area contributed by atoms with E-state index in [1.54, 1.807) is 25.6 Å². The molecule has 2 aliphatic rings. The largest absolute Gasteiger partial charge is 0.497 e. The van der Waals surface area contributed by atoms with Gasteiger partial charge >= 0.3 is 0 Å². The first-order chi connectivity index (χ1) is 17.4. The molecule has 5 N–H and O–H groups in total. The third-order valence-electron chi connectivity index (χ3n) is 7.76. The number of pyridine rings is 1. The normalized spacial score (nSPS) is 18.5. The van der Waals surface area contributed by atoms with E-state index in [0.29, 0.717) is 33.0 Å². The molecular weight excluding hydrogens is 476 g/mol. The predicted octanol–water partition coefficient (Wildman–Crippen LogP) is 3.90. The molecule has 0 radical (unpaired) electrons. The van der Waals surface area contributed by atoms with Crippen molar-refractivity contribution in [3.05, 3.63) is 70.6 Å². The van der Waals surface area contributed by atoms with Crippen LogP contribution >= 0.6 is 11.6 Å². The van der Waals surface area contributed by atoms with Crippen LogP contribution in [0.2, 0.25) is 5.02 Å². The number of nitrogens with zero attached hydrogens (tertiary/aromatic N) is 5. The van der Waals surface area contributed by atoms with Crippen molar-refractivity contribution in [1.29, 1.82) is 0 Å². The van der Waals surface area contributed by atoms with Crippen molar-refractivity contribution in [2.24, 2.45) is 11.1 Å². The molecular formula is C26H27ClN8O. The van der Waals surface area contributed by atoms with Crippen LogP contribution in [0.25, 0.3) is 16.7 Å². The average Bonchev–Trinajstić information content (AvgIpc) is 3.44. The average molecular weight is 503 g/mol. The highest BCUT2D eigenvalue weighted by Crippen LogP contribution is 2.51. The number of nitrogens with two attached hydrogens (primary N) is 2. The van der Waals surface area contributed by atoms with E-state index in [0.717, 1.165) is 43.9 Å². The van der Waals surface area contributed by atoms with E-state index in [1.807, 2.05) is 6.07 Å². The summed E-state index contributed by atoms with van der Waals surface area (Å²) in [5.74, 6) is 1.92. The molecule has 1 aliphatic carbocycles. The van der Waals surface area contributed by atoms with Crippen molar-refractivity contribution in [2.45, 2.75) is 25.3 Å². The van der Waals surface area contributed by atoms with Crippen LogP contribution in [0.15, 0.2) is 43.2 Å². The zero-order valence-electron chi connectivity index (χ0n) is 20.0. The Hall–Kier alpha value is -3.69. The van der Waals surface area contributed by atoms with Crippen LogP contribution in [-0.4, -0.2) is 45.3 Å². The number of benzene rings is 1. The number of ether oxygens (including phenoxy) is 1. The fraction of sp³-hybridized carbons (Fsp3) is 0.308. The van der Waals surface area contributed by atoms with E-state index in [9.17, 15) is 0 Å². The number of hydrogen-bond donors (Lipinski definition) is 3. The van der Waals surface area contributed by atoms with E-state index < -0.39 is 0 Å².